The Morgan fingerprint density at radius 3 is 2.38 bits per heavy atom. The Bertz CT molecular complexity index is 1190. The topological polar surface area (TPSA) is 96.7 Å². The van der Waals surface area contributed by atoms with Crippen LogP contribution in [0, 0.1) is 5.82 Å². The molecule has 3 aromatic rings. The van der Waals surface area contributed by atoms with Crippen LogP contribution in [0.3, 0.4) is 0 Å². The number of ether oxygens (including phenoxy) is 1. The summed E-state index contributed by atoms with van der Waals surface area (Å²) in [6.45, 7) is 8.21. The number of carbonyl (C=O) groups excluding carboxylic acids is 1. The predicted molar refractivity (Wildman–Crippen MR) is 120 cm³/mol. The third-order valence-corrected chi connectivity index (χ3v) is 6.28. The molecule has 0 saturated heterocycles. The van der Waals surface area contributed by atoms with Gasteiger partial charge in [-0.1, -0.05) is 38.6 Å². The van der Waals surface area contributed by atoms with E-state index in [4.69, 9.17) is 4.74 Å². The molecule has 166 valence electrons. The van der Waals surface area contributed by atoms with Crippen molar-refractivity contribution < 1.29 is 28.7 Å². The second kappa shape index (κ2) is 8.87. The number of fused-ring (bicyclic) bond motifs is 1. The van der Waals surface area contributed by atoms with Crippen molar-refractivity contribution in [2.24, 2.45) is 0 Å². The van der Waals surface area contributed by atoms with Crippen LogP contribution in [0.5, 0.6) is 0 Å². The highest BCUT2D eigenvalue weighted by Gasteiger charge is 2.58. The zero-order valence-electron chi connectivity index (χ0n) is 17.9. The monoisotopic (exact) mass is 455 g/mol. The summed E-state index contributed by atoms with van der Waals surface area (Å²) in [6, 6.07) is 12.6. The van der Waals surface area contributed by atoms with Gasteiger partial charge in [0.2, 0.25) is 8.46 Å². The molecule has 0 radical (unpaired) electrons. The molecule has 1 aromatic heterocycles. The molecule has 8 heteroatoms. The molecule has 2 unspecified atom stereocenters. The maximum atomic E-state index is 13.6. The van der Waals surface area contributed by atoms with E-state index in [1.54, 1.807) is 18.2 Å². The summed E-state index contributed by atoms with van der Waals surface area (Å²) in [5.74, 6) is -2.01. The summed E-state index contributed by atoms with van der Waals surface area (Å²) in [5, 5.41) is 20.6. The third-order valence-electron chi connectivity index (χ3n) is 5.40. The van der Waals surface area contributed by atoms with Crippen molar-refractivity contribution >= 4 is 25.3 Å². The molecule has 3 rings (SSSR count). The van der Waals surface area contributed by atoms with Gasteiger partial charge in [-0.3, -0.25) is 4.57 Å². The Hall–Kier alpha value is -2.99. The Labute approximate surface area is 186 Å². The normalized spacial score (nSPS) is 15.3. The number of hydrogen-bond acceptors (Lipinski definition) is 6. The molecule has 0 aliphatic carbocycles. The molecule has 0 saturated carbocycles. The molecule has 6 nitrogen and oxygen atoms in total. The minimum Gasteiger partial charge on any atom is -0.432 e. The highest BCUT2D eigenvalue weighted by molar-refractivity contribution is 7.27. The van der Waals surface area contributed by atoms with Crippen LogP contribution < -0.4 is 0 Å². The van der Waals surface area contributed by atoms with Gasteiger partial charge in [-0.05, 0) is 48.7 Å². The van der Waals surface area contributed by atoms with Crippen LogP contribution in [0.25, 0.3) is 22.2 Å². The molecule has 1 heterocycles. The average Bonchev–Trinajstić information content (AvgIpc) is 2.77. The van der Waals surface area contributed by atoms with Gasteiger partial charge in [0.1, 0.15) is 11.4 Å². The fraction of sp³-hybridized carbons (Fsp3) is 0.250. The zero-order chi connectivity index (χ0) is 23.7. The van der Waals surface area contributed by atoms with E-state index in [-0.39, 0.29) is 17.2 Å². The van der Waals surface area contributed by atoms with Gasteiger partial charge in [0, 0.05) is 16.5 Å². The summed E-state index contributed by atoms with van der Waals surface area (Å²) in [5.41, 5.74) is -0.483. The molecule has 32 heavy (non-hydrogen) atoms. The second-order valence-corrected chi connectivity index (χ2v) is 8.67. The van der Waals surface area contributed by atoms with Gasteiger partial charge < -0.3 is 14.9 Å². The number of hydrogen-bond donors (Lipinski definition) is 2. The molecule has 0 fully saturated rings. The minimum absolute atomic E-state index is 0.0877. The fourth-order valence-electron chi connectivity index (χ4n) is 3.80. The van der Waals surface area contributed by atoms with Crippen LogP contribution in [-0.2, 0) is 19.7 Å². The van der Waals surface area contributed by atoms with E-state index in [9.17, 15) is 24.0 Å². The number of carbonyl (C=O) groups is 1. The second-order valence-electron chi connectivity index (χ2n) is 7.84. The molecule has 0 aliphatic rings. The highest BCUT2D eigenvalue weighted by atomic mass is 31.1. The first-order valence-electron chi connectivity index (χ1n) is 9.88. The SMILES string of the molecule is C=COC(=O)C(O)(P=O)C(C)(O)c1c(-c2ccc(F)cc2)nc2ccccc2c1C(C)C. The lowest BCUT2D eigenvalue weighted by Crippen LogP contribution is -2.52. The van der Waals surface area contributed by atoms with Crippen LogP contribution in [0.2, 0.25) is 0 Å². The quantitative estimate of drug-likeness (QED) is 0.294. The van der Waals surface area contributed by atoms with Gasteiger partial charge >= 0.3 is 5.97 Å². The molecule has 0 aliphatic heterocycles. The predicted octanol–water partition coefficient (Wildman–Crippen LogP) is 5.04. The Morgan fingerprint density at radius 2 is 1.81 bits per heavy atom. The van der Waals surface area contributed by atoms with E-state index >= 15 is 0 Å². The summed E-state index contributed by atoms with van der Waals surface area (Å²) < 4.78 is 30.4. The van der Waals surface area contributed by atoms with Gasteiger partial charge in [0.05, 0.1) is 17.5 Å². The number of benzene rings is 2. The highest BCUT2D eigenvalue weighted by Crippen LogP contribution is 2.48. The van der Waals surface area contributed by atoms with Crippen LogP contribution >= 0.6 is 8.46 Å². The van der Waals surface area contributed by atoms with Gasteiger partial charge in [0.25, 0.3) is 5.34 Å². The molecule has 2 N–H and O–H groups in total. The summed E-state index contributed by atoms with van der Waals surface area (Å²) in [4.78, 5) is 17.2. The van der Waals surface area contributed by atoms with Gasteiger partial charge in [0.15, 0.2) is 0 Å². The van der Waals surface area contributed by atoms with E-state index in [1.807, 2.05) is 19.9 Å². The first kappa shape index (κ1) is 23.7. The average molecular weight is 455 g/mol. The number of pyridine rings is 1. The Morgan fingerprint density at radius 1 is 1.19 bits per heavy atom. The number of rotatable bonds is 7. The van der Waals surface area contributed by atoms with Crippen molar-refractivity contribution in [2.45, 2.75) is 37.6 Å². The van der Waals surface area contributed by atoms with Gasteiger partial charge in [-0.15, -0.1) is 0 Å². The standard InChI is InChI=1S/C24H23FNO5P/c1-5-31-22(27)24(29,32-30)23(4,28)20-19(14(2)3)17-8-6-7-9-18(17)26-21(20)15-10-12-16(25)13-11-15/h5-14,28-29H,1H2,2-4H3. The van der Waals surface area contributed by atoms with E-state index < -0.39 is 31.2 Å². The first-order chi connectivity index (χ1) is 15.1. The van der Waals surface area contributed by atoms with E-state index in [0.29, 0.717) is 22.0 Å². The van der Waals surface area contributed by atoms with Crippen molar-refractivity contribution in [2.75, 3.05) is 0 Å². The van der Waals surface area contributed by atoms with Crippen molar-refractivity contribution in [1.82, 2.24) is 4.98 Å². The molecule has 2 aromatic carbocycles. The van der Waals surface area contributed by atoms with Gasteiger partial charge in [-0.25, -0.2) is 14.2 Å². The van der Waals surface area contributed by atoms with Crippen LogP contribution in [0.1, 0.15) is 37.8 Å². The van der Waals surface area contributed by atoms with Crippen molar-refractivity contribution in [3.8, 4) is 11.3 Å². The Kier molecular flexibility index (Phi) is 6.56. The number of para-hydroxylation sites is 1. The number of esters is 1. The summed E-state index contributed by atoms with van der Waals surface area (Å²) in [7, 11) is -1.08. The lowest BCUT2D eigenvalue weighted by molar-refractivity contribution is -0.171. The van der Waals surface area contributed by atoms with Crippen LogP contribution in [0.4, 0.5) is 4.39 Å². The lowest BCUT2D eigenvalue weighted by Gasteiger charge is -2.37. The summed E-state index contributed by atoms with van der Waals surface area (Å²) >= 11 is 0. The molecule has 2 atom stereocenters. The maximum absolute atomic E-state index is 13.6. The first-order valence-corrected chi connectivity index (χ1v) is 10.7. The summed E-state index contributed by atoms with van der Waals surface area (Å²) in [6.07, 6.45) is 0.775. The minimum atomic E-state index is -2.87. The lowest BCUT2D eigenvalue weighted by atomic mass is 9.79. The zero-order valence-corrected chi connectivity index (χ0v) is 18.8. The smallest absolute Gasteiger partial charge is 0.358 e. The Balaban J connectivity index is 2.49. The molecule has 0 amide bonds. The van der Waals surface area contributed by atoms with Crippen LogP contribution in [-0.4, -0.2) is 26.5 Å². The molecular weight excluding hydrogens is 432 g/mol. The maximum Gasteiger partial charge on any atom is 0.358 e. The third kappa shape index (κ3) is 3.84. The number of halogens is 1. The molecule has 0 bridgehead atoms. The largest absolute Gasteiger partial charge is 0.432 e. The van der Waals surface area contributed by atoms with Crippen LogP contribution in [0.15, 0.2) is 61.4 Å². The van der Waals surface area contributed by atoms with Crippen molar-refractivity contribution in [3.63, 3.8) is 0 Å². The van der Waals surface area contributed by atoms with E-state index in [1.165, 1.54) is 31.2 Å². The fourth-order valence-corrected chi connectivity index (χ4v) is 4.22. The number of nitrogens with zero attached hydrogens (tertiary/aromatic N) is 1. The van der Waals surface area contributed by atoms with E-state index in [0.717, 1.165) is 6.26 Å². The number of aliphatic hydroxyl groups is 2. The molecule has 0 spiro atoms. The number of aromatic nitrogens is 1. The van der Waals surface area contributed by atoms with Crippen molar-refractivity contribution in [3.05, 3.63) is 78.3 Å². The van der Waals surface area contributed by atoms with Crippen molar-refractivity contribution in [1.29, 1.82) is 0 Å². The van der Waals surface area contributed by atoms with Gasteiger partial charge in [-0.2, -0.15) is 0 Å². The van der Waals surface area contributed by atoms with E-state index in [2.05, 4.69) is 11.6 Å². The molecular formula is C24H23FNO5P.